The lowest BCUT2D eigenvalue weighted by atomic mass is 10.1. The maximum Gasteiger partial charge on any atom is 0.416 e. The third kappa shape index (κ3) is 5.48. The molecule has 0 unspecified atom stereocenters. The van der Waals surface area contributed by atoms with E-state index in [1.807, 2.05) is 6.07 Å². The largest absolute Gasteiger partial charge is 0.416 e. The van der Waals surface area contributed by atoms with Gasteiger partial charge in [0.2, 0.25) is 5.91 Å². The monoisotopic (exact) mass is 419 g/mol. The molecule has 1 aromatic heterocycles. The number of halogens is 4. The Morgan fingerprint density at radius 2 is 1.93 bits per heavy atom. The van der Waals surface area contributed by atoms with Gasteiger partial charge in [0.25, 0.3) is 0 Å². The first-order chi connectivity index (χ1) is 13.7. The molecule has 150 valence electrons. The summed E-state index contributed by atoms with van der Waals surface area (Å²) < 4.78 is 40.1. The van der Waals surface area contributed by atoms with Crippen LogP contribution in [0.2, 0.25) is 5.02 Å². The fourth-order valence-electron chi connectivity index (χ4n) is 2.69. The van der Waals surface area contributed by atoms with Crippen LogP contribution in [-0.4, -0.2) is 15.7 Å². The summed E-state index contributed by atoms with van der Waals surface area (Å²) >= 11 is 6.04. The van der Waals surface area contributed by atoms with Crippen LogP contribution in [0.1, 0.15) is 22.4 Å². The predicted molar refractivity (Wildman–Crippen MR) is 107 cm³/mol. The average Bonchev–Trinajstić information content (AvgIpc) is 2.99. The molecule has 8 heteroatoms. The molecule has 0 fully saturated rings. The molecule has 0 bridgehead atoms. The normalized spacial score (nSPS) is 11.8. The van der Waals surface area contributed by atoms with Crippen LogP contribution in [0.25, 0.3) is 6.08 Å². The summed E-state index contributed by atoms with van der Waals surface area (Å²) in [7, 11) is 0. The van der Waals surface area contributed by atoms with Gasteiger partial charge in [-0.2, -0.15) is 18.3 Å². The van der Waals surface area contributed by atoms with Crippen LogP contribution >= 0.6 is 11.6 Å². The van der Waals surface area contributed by atoms with Crippen molar-refractivity contribution in [2.75, 3.05) is 5.32 Å². The third-order valence-corrected chi connectivity index (χ3v) is 4.48. The smallest absolute Gasteiger partial charge is 0.306 e. The number of rotatable bonds is 5. The summed E-state index contributed by atoms with van der Waals surface area (Å²) in [5.74, 6) is -0.0862. The van der Waals surface area contributed by atoms with Gasteiger partial charge in [-0.05, 0) is 42.3 Å². The molecular formula is C21H17ClF3N3O. The summed E-state index contributed by atoms with van der Waals surface area (Å²) in [5, 5.41) is 7.41. The minimum absolute atomic E-state index is 0.154. The van der Waals surface area contributed by atoms with E-state index in [4.69, 9.17) is 11.6 Å². The highest BCUT2D eigenvalue weighted by Crippen LogP contribution is 2.29. The van der Waals surface area contributed by atoms with Crippen LogP contribution in [0.3, 0.4) is 0 Å². The van der Waals surface area contributed by atoms with Gasteiger partial charge in [-0.15, -0.1) is 0 Å². The van der Waals surface area contributed by atoms with E-state index in [2.05, 4.69) is 10.4 Å². The van der Waals surface area contributed by atoms with Crippen LogP contribution in [0, 0.1) is 6.92 Å². The number of hydrogen-bond acceptors (Lipinski definition) is 2. The zero-order valence-corrected chi connectivity index (χ0v) is 16.1. The molecule has 0 radical (unpaired) electrons. The Bertz CT molecular complexity index is 1060. The first-order valence-corrected chi connectivity index (χ1v) is 9.04. The second-order valence-electron chi connectivity index (χ2n) is 6.37. The topological polar surface area (TPSA) is 46.9 Å². The number of aromatic nitrogens is 2. The zero-order valence-electron chi connectivity index (χ0n) is 15.4. The molecular weight excluding hydrogens is 403 g/mol. The Kier molecular flexibility index (Phi) is 6.08. The van der Waals surface area contributed by atoms with Gasteiger partial charge < -0.3 is 5.32 Å². The molecule has 29 heavy (non-hydrogen) atoms. The summed E-state index contributed by atoms with van der Waals surface area (Å²) in [6.45, 7) is 1.91. The standard InChI is InChI=1S/C21H17ClF3N3O/c1-14-11-19(26-20(29)10-9-16-6-2-3-8-18(16)22)27-28(14)13-15-5-4-7-17(12-15)21(23,24)25/h2-12H,13H2,1H3,(H,26,27,29)/b10-9+. The van der Waals surface area contributed by atoms with Crippen LogP contribution in [0.4, 0.5) is 19.0 Å². The van der Waals surface area contributed by atoms with Gasteiger partial charge in [0, 0.05) is 22.9 Å². The fourth-order valence-corrected chi connectivity index (χ4v) is 2.89. The second kappa shape index (κ2) is 8.53. The molecule has 3 rings (SSSR count). The first kappa shape index (κ1) is 20.7. The molecule has 4 nitrogen and oxygen atoms in total. The number of nitrogens with one attached hydrogen (secondary N) is 1. The molecule has 0 aliphatic heterocycles. The summed E-state index contributed by atoms with van der Waals surface area (Å²) in [6, 6.07) is 13.8. The molecule has 0 aliphatic rings. The summed E-state index contributed by atoms with van der Waals surface area (Å²) in [5.41, 5.74) is 1.16. The Morgan fingerprint density at radius 1 is 1.17 bits per heavy atom. The summed E-state index contributed by atoms with van der Waals surface area (Å²) in [6.07, 6.45) is -1.48. The zero-order chi connectivity index (χ0) is 21.0. The molecule has 0 saturated heterocycles. The van der Waals surface area contributed by atoms with Crippen LogP contribution < -0.4 is 5.32 Å². The van der Waals surface area contributed by atoms with Crippen molar-refractivity contribution in [2.24, 2.45) is 0 Å². The van der Waals surface area contributed by atoms with Crippen LogP contribution in [0.15, 0.2) is 60.7 Å². The minimum atomic E-state index is -4.40. The number of benzene rings is 2. The van der Waals surface area contributed by atoms with Gasteiger partial charge in [-0.1, -0.05) is 41.9 Å². The van der Waals surface area contributed by atoms with E-state index in [9.17, 15) is 18.0 Å². The van der Waals surface area contributed by atoms with Gasteiger partial charge in [0.1, 0.15) is 0 Å². The van der Waals surface area contributed by atoms with Crippen molar-refractivity contribution in [1.29, 1.82) is 0 Å². The molecule has 1 heterocycles. The number of amides is 1. The average molecular weight is 420 g/mol. The number of aryl methyl sites for hydroxylation is 1. The van der Waals surface area contributed by atoms with E-state index in [1.165, 1.54) is 16.8 Å². The molecule has 3 aromatic rings. The number of hydrogen-bond donors (Lipinski definition) is 1. The van der Waals surface area contributed by atoms with Crippen molar-refractivity contribution in [1.82, 2.24) is 9.78 Å². The highest BCUT2D eigenvalue weighted by molar-refractivity contribution is 6.32. The number of carbonyl (C=O) groups excluding carboxylic acids is 1. The minimum Gasteiger partial charge on any atom is -0.306 e. The third-order valence-electron chi connectivity index (χ3n) is 4.14. The van der Waals surface area contributed by atoms with E-state index >= 15 is 0 Å². The van der Waals surface area contributed by atoms with Gasteiger partial charge in [-0.3, -0.25) is 9.48 Å². The number of nitrogens with zero attached hydrogens (tertiary/aromatic N) is 2. The van der Waals surface area contributed by atoms with E-state index in [-0.39, 0.29) is 6.54 Å². The predicted octanol–water partition coefficient (Wildman–Crippen LogP) is 5.56. The van der Waals surface area contributed by atoms with E-state index in [0.717, 1.165) is 12.1 Å². The molecule has 0 atom stereocenters. The van der Waals surface area contributed by atoms with Crippen molar-refractivity contribution < 1.29 is 18.0 Å². The van der Waals surface area contributed by atoms with E-state index in [1.54, 1.807) is 43.3 Å². The Balaban J connectivity index is 1.69. The van der Waals surface area contributed by atoms with E-state index < -0.39 is 17.6 Å². The maximum atomic E-state index is 12.9. The van der Waals surface area contributed by atoms with Crippen LogP contribution in [-0.2, 0) is 17.5 Å². The van der Waals surface area contributed by atoms with Gasteiger partial charge in [0.15, 0.2) is 5.82 Å². The Hall–Kier alpha value is -3.06. The Labute approximate surface area is 170 Å². The van der Waals surface area contributed by atoms with Gasteiger partial charge in [-0.25, -0.2) is 0 Å². The maximum absolute atomic E-state index is 12.9. The fraction of sp³-hybridized carbons (Fsp3) is 0.143. The lowest BCUT2D eigenvalue weighted by Crippen LogP contribution is -2.10. The van der Waals surface area contributed by atoms with Crippen molar-refractivity contribution in [3.8, 4) is 0 Å². The molecule has 0 saturated carbocycles. The van der Waals surface area contributed by atoms with Crippen molar-refractivity contribution in [3.05, 3.63) is 88.1 Å². The Morgan fingerprint density at radius 3 is 2.66 bits per heavy atom. The number of carbonyl (C=O) groups is 1. The van der Waals surface area contributed by atoms with Crippen molar-refractivity contribution in [3.63, 3.8) is 0 Å². The number of anilines is 1. The SMILES string of the molecule is Cc1cc(NC(=O)/C=C/c2ccccc2Cl)nn1Cc1cccc(C(F)(F)F)c1. The molecule has 1 amide bonds. The molecule has 2 aromatic carbocycles. The quantitative estimate of drug-likeness (QED) is 0.550. The number of alkyl halides is 3. The van der Waals surface area contributed by atoms with Crippen LogP contribution in [0.5, 0.6) is 0 Å². The van der Waals surface area contributed by atoms with Gasteiger partial charge in [0.05, 0.1) is 12.1 Å². The molecule has 0 aliphatic carbocycles. The van der Waals surface area contributed by atoms with Crippen molar-refractivity contribution >= 4 is 29.4 Å². The van der Waals surface area contributed by atoms with E-state index in [0.29, 0.717) is 27.7 Å². The van der Waals surface area contributed by atoms with Crippen molar-refractivity contribution in [2.45, 2.75) is 19.6 Å². The van der Waals surface area contributed by atoms with Gasteiger partial charge >= 0.3 is 6.18 Å². The molecule has 0 spiro atoms. The first-order valence-electron chi connectivity index (χ1n) is 8.66. The molecule has 1 N–H and O–H groups in total. The lowest BCUT2D eigenvalue weighted by molar-refractivity contribution is -0.137. The highest BCUT2D eigenvalue weighted by atomic mass is 35.5. The second-order valence-corrected chi connectivity index (χ2v) is 6.78. The summed E-state index contributed by atoms with van der Waals surface area (Å²) in [4.78, 5) is 12.1. The highest BCUT2D eigenvalue weighted by Gasteiger charge is 2.30. The lowest BCUT2D eigenvalue weighted by Gasteiger charge is -2.09.